The van der Waals surface area contributed by atoms with E-state index in [0.717, 1.165) is 23.5 Å². The number of carbonyl (C=O) groups is 1. The van der Waals surface area contributed by atoms with Crippen LogP contribution in [0.5, 0.6) is 11.5 Å². The largest absolute Gasteiger partial charge is 0.573 e. The minimum atomic E-state index is -4.79. The van der Waals surface area contributed by atoms with Crippen molar-refractivity contribution < 1.29 is 36.2 Å². The minimum absolute atomic E-state index is 0.0689. The van der Waals surface area contributed by atoms with E-state index >= 15 is 0 Å². The number of carbonyl (C=O) groups excluding carboxylic acids is 1. The Hall–Kier alpha value is -3.32. The molecule has 0 radical (unpaired) electrons. The summed E-state index contributed by atoms with van der Waals surface area (Å²) >= 11 is 1.01. The van der Waals surface area contributed by atoms with Crippen molar-refractivity contribution in [3.05, 3.63) is 52.9 Å². The zero-order valence-corrected chi connectivity index (χ0v) is 17.9. The normalized spacial score (nSPS) is 11.8. The van der Waals surface area contributed by atoms with Crippen molar-refractivity contribution in [2.24, 2.45) is 0 Å². The Bertz CT molecular complexity index is 1230. The first-order valence-corrected chi connectivity index (χ1v) is 11.5. The van der Waals surface area contributed by atoms with Crippen molar-refractivity contribution in [2.45, 2.75) is 13.3 Å². The molecule has 0 fully saturated rings. The number of benzene rings is 2. The summed E-state index contributed by atoms with van der Waals surface area (Å²) in [6.45, 7) is 1.43. The molecule has 0 spiro atoms. The van der Waals surface area contributed by atoms with Crippen LogP contribution in [0.2, 0.25) is 0 Å². The smallest absolute Gasteiger partial charge is 0.506 e. The number of hydrogen-bond acceptors (Lipinski definition) is 7. The number of halogens is 3. The number of nitrogens with one attached hydrogen (secondary N) is 2. The lowest BCUT2D eigenvalue weighted by molar-refractivity contribution is -0.274. The van der Waals surface area contributed by atoms with Gasteiger partial charge in [0.15, 0.2) is 5.01 Å². The Balaban J connectivity index is 1.73. The molecule has 8 nitrogen and oxygen atoms in total. The van der Waals surface area contributed by atoms with E-state index in [1.54, 1.807) is 5.38 Å². The lowest BCUT2D eigenvalue weighted by Crippen LogP contribution is -2.16. The predicted octanol–water partition coefficient (Wildman–Crippen LogP) is 4.43. The van der Waals surface area contributed by atoms with Gasteiger partial charge in [0.2, 0.25) is 10.0 Å². The monoisotopic (exact) mass is 487 g/mol. The molecule has 3 aromatic rings. The van der Waals surface area contributed by atoms with Crippen LogP contribution >= 0.6 is 11.3 Å². The summed E-state index contributed by atoms with van der Waals surface area (Å²) in [5, 5.41) is 14.0. The fraction of sp³-hybridized carbons (Fsp3) is 0.158. The molecule has 3 rings (SSSR count). The van der Waals surface area contributed by atoms with Crippen LogP contribution in [-0.2, 0) is 10.0 Å². The predicted molar refractivity (Wildman–Crippen MR) is 113 cm³/mol. The van der Waals surface area contributed by atoms with E-state index in [-0.39, 0.29) is 33.6 Å². The van der Waals surface area contributed by atoms with Crippen LogP contribution in [0, 0.1) is 0 Å². The van der Waals surface area contributed by atoms with Crippen LogP contribution in [0.25, 0.3) is 11.3 Å². The molecule has 0 bridgehead atoms. The van der Waals surface area contributed by atoms with E-state index in [9.17, 15) is 31.5 Å². The third-order valence-electron chi connectivity index (χ3n) is 3.98. The number of ether oxygens (including phenoxy) is 1. The number of aromatic hydroxyl groups is 1. The van der Waals surface area contributed by atoms with Crippen molar-refractivity contribution in [1.29, 1.82) is 0 Å². The summed E-state index contributed by atoms with van der Waals surface area (Å²) in [7, 11) is -3.64. The summed E-state index contributed by atoms with van der Waals surface area (Å²) in [6, 6.07) is 8.89. The molecule has 170 valence electrons. The Morgan fingerprint density at radius 2 is 1.88 bits per heavy atom. The molecular formula is C19H16F3N3O5S2. The number of phenolic OH excluding ortho intramolecular Hbond substituents is 1. The molecule has 0 aliphatic rings. The zero-order valence-electron chi connectivity index (χ0n) is 16.3. The van der Waals surface area contributed by atoms with Crippen molar-refractivity contribution in [2.75, 3.05) is 15.8 Å². The molecule has 1 amide bonds. The van der Waals surface area contributed by atoms with Crippen LogP contribution in [-0.4, -0.2) is 36.5 Å². The van der Waals surface area contributed by atoms with E-state index in [1.165, 1.54) is 37.3 Å². The fourth-order valence-corrected chi connectivity index (χ4v) is 3.82. The maximum Gasteiger partial charge on any atom is 0.573 e. The van der Waals surface area contributed by atoms with Gasteiger partial charge in [-0.2, -0.15) is 0 Å². The van der Waals surface area contributed by atoms with Gasteiger partial charge in [0, 0.05) is 16.6 Å². The highest BCUT2D eigenvalue weighted by molar-refractivity contribution is 7.92. The topological polar surface area (TPSA) is 118 Å². The second-order valence-corrected chi connectivity index (χ2v) is 9.17. The molecule has 0 aliphatic carbocycles. The van der Waals surface area contributed by atoms with Crippen LogP contribution < -0.4 is 14.8 Å². The second kappa shape index (κ2) is 9.04. The van der Waals surface area contributed by atoms with Gasteiger partial charge in [-0.15, -0.1) is 24.5 Å². The van der Waals surface area contributed by atoms with Crippen molar-refractivity contribution in [1.82, 2.24) is 4.98 Å². The maximum atomic E-state index is 12.5. The summed E-state index contributed by atoms with van der Waals surface area (Å²) in [6.07, 6.45) is -4.79. The number of sulfonamides is 1. The van der Waals surface area contributed by atoms with E-state index < -0.39 is 22.3 Å². The van der Waals surface area contributed by atoms with Crippen molar-refractivity contribution in [3.8, 4) is 22.8 Å². The molecule has 13 heteroatoms. The maximum absolute atomic E-state index is 12.5. The van der Waals surface area contributed by atoms with Gasteiger partial charge < -0.3 is 15.2 Å². The van der Waals surface area contributed by atoms with Crippen LogP contribution in [0.1, 0.15) is 16.7 Å². The van der Waals surface area contributed by atoms with E-state index in [1.807, 2.05) is 0 Å². The van der Waals surface area contributed by atoms with Crippen molar-refractivity contribution in [3.63, 3.8) is 0 Å². The number of amides is 1. The minimum Gasteiger partial charge on any atom is -0.506 e. The molecule has 0 aliphatic heterocycles. The molecule has 1 aromatic heterocycles. The SMILES string of the molecule is CCS(=O)(=O)Nc1cc(NC(=O)c2nc(-c3ccc(OC(F)(F)F)cc3)cs2)ccc1O. The Morgan fingerprint density at radius 1 is 1.19 bits per heavy atom. The summed E-state index contributed by atoms with van der Waals surface area (Å²) < 4.78 is 66.2. The quantitative estimate of drug-likeness (QED) is 0.335. The number of nitrogens with zero attached hydrogens (tertiary/aromatic N) is 1. The molecule has 3 N–H and O–H groups in total. The van der Waals surface area contributed by atoms with E-state index in [4.69, 9.17) is 0 Å². The number of hydrogen-bond donors (Lipinski definition) is 3. The number of phenols is 1. The highest BCUT2D eigenvalue weighted by Gasteiger charge is 2.31. The summed E-state index contributed by atoms with van der Waals surface area (Å²) in [4.78, 5) is 16.7. The number of thiazole rings is 1. The molecule has 0 unspecified atom stereocenters. The molecule has 0 saturated carbocycles. The van der Waals surface area contributed by atoms with Gasteiger partial charge in [0.1, 0.15) is 11.5 Å². The van der Waals surface area contributed by atoms with Crippen molar-refractivity contribution >= 4 is 38.6 Å². The lowest BCUT2D eigenvalue weighted by atomic mass is 10.2. The second-order valence-electron chi connectivity index (χ2n) is 6.30. The van der Waals surface area contributed by atoms with Gasteiger partial charge in [0.25, 0.3) is 5.91 Å². The molecule has 32 heavy (non-hydrogen) atoms. The molecule has 2 aromatic carbocycles. The highest BCUT2D eigenvalue weighted by atomic mass is 32.2. The van der Waals surface area contributed by atoms with Crippen LogP contribution in [0.4, 0.5) is 24.5 Å². The van der Waals surface area contributed by atoms with Gasteiger partial charge in [-0.1, -0.05) is 0 Å². The van der Waals surface area contributed by atoms with Gasteiger partial charge >= 0.3 is 6.36 Å². The number of rotatable bonds is 7. The standard InChI is InChI=1S/C19H16F3N3O5S2/c1-2-32(28,29)25-14-9-12(5-8-16(14)26)23-17(27)18-24-15(10-31-18)11-3-6-13(7-4-11)30-19(20,21)22/h3-10,25-26H,2H2,1H3,(H,23,27). The lowest BCUT2D eigenvalue weighted by Gasteiger charge is -2.10. The Kier molecular flexibility index (Phi) is 6.60. The van der Waals surface area contributed by atoms with Gasteiger partial charge in [-0.05, 0) is 49.4 Å². The zero-order chi connectivity index (χ0) is 23.5. The van der Waals surface area contributed by atoms with Crippen LogP contribution in [0.3, 0.4) is 0 Å². The van der Waals surface area contributed by atoms with Gasteiger partial charge in [-0.25, -0.2) is 13.4 Å². The van der Waals surface area contributed by atoms with Gasteiger partial charge in [-0.3, -0.25) is 9.52 Å². The fourth-order valence-electron chi connectivity index (χ4n) is 2.46. The Morgan fingerprint density at radius 3 is 2.50 bits per heavy atom. The molecular weight excluding hydrogens is 471 g/mol. The van der Waals surface area contributed by atoms with E-state index in [0.29, 0.717) is 11.3 Å². The number of aromatic nitrogens is 1. The molecule has 0 saturated heterocycles. The molecule has 0 atom stereocenters. The average Bonchev–Trinajstić information content (AvgIpc) is 3.20. The third-order valence-corrected chi connectivity index (χ3v) is 6.11. The first-order chi connectivity index (χ1) is 15.0. The van der Waals surface area contributed by atoms with Gasteiger partial charge in [0.05, 0.1) is 17.1 Å². The average molecular weight is 487 g/mol. The first kappa shape index (κ1) is 23.3. The molecule has 1 heterocycles. The van der Waals surface area contributed by atoms with Crippen LogP contribution in [0.15, 0.2) is 47.8 Å². The summed E-state index contributed by atoms with van der Waals surface area (Å²) in [5.41, 5.74) is 0.981. The Labute approximate surface area is 184 Å². The first-order valence-electron chi connectivity index (χ1n) is 8.92. The number of alkyl halides is 3. The number of anilines is 2. The summed E-state index contributed by atoms with van der Waals surface area (Å²) in [5.74, 6) is -1.48. The van der Waals surface area contributed by atoms with E-state index in [2.05, 4.69) is 19.8 Å². The highest BCUT2D eigenvalue weighted by Crippen LogP contribution is 2.30. The third kappa shape index (κ3) is 6.11.